The van der Waals surface area contributed by atoms with Gasteiger partial charge in [-0.3, -0.25) is 4.79 Å². The fourth-order valence-corrected chi connectivity index (χ4v) is 3.76. The van der Waals surface area contributed by atoms with Crippen LogP contribution in [0.4, 0.5) is 40.8 Å². The molecule has 1 aliphatic heterocycles. The van der Waals surface area contributed by atoms with Gasteiger partial charge >= 0.3 is 6.36 Å². The van der Waals surface area contributed by atoms with E-state index < -0.39 is 12.2 Å². The fraction of sp³-hybridized carbons (Fsp3) is 0.333. The van der Waals surface area contributed by atoms with Crippen LogP contribution in [0.5, 0.6) is 5.75 Å². The topological polar surface area (TPSA) is 102 Å². The Kier molecular flexibility index (Phi) is 8.01. The highest BCUT2D eigenvalue weighted by Crippen LogP contribution is 2.26. The number of rotatable bonds is 8. The van der Waals surface area contributed by atoms with E-state index >= 15 is 0 Å². The van der Waals surface area contributed by atoms with Gasteiger partial charge in [0, 0.05) is 20.0 Å². The number of nitrogens with one attached hydrogen (secondary N) is 2. The van der Waals surface area contributed by atoms with Gasteiger partial charge in [-0.1, -0.05) is 18.2 Å². The van der Waals surface area contributed by atoms with E-state index in [0.717, 1.165) is 5.56 Å². The maximum atomic E-state index is 14.7. The van der Waals surface area contributed by atoms with Crippen molar-refractivity contribution in [2.24, 2.45) is 0 Å². The maximum absolute atomic E-state index is 14.7. The first-order valence-corrected chi connectivity index (χ1v) is 11.4. The number of hydrogen-bond acceptors (Lipinski definition) is 8. The Balaban J connectivity index is 1.29. The summed E-state index contributed by atoms with van der Waals surface area (Å²) >= 11 is 0. The molecule has 0 saturated carbocycles. The molecule has 1 fully saturated rings. The van der Waals surface area contributed by atoms with Crippen molar-refractivity contribution in [2.45, 2.75) is 38.8 Å². The summed E-state index contributed by atoms with van der Waals surface area (Å²) in [6, 6.07) is 10.1. The summed E-state index contributed by atoms with van der Waals surface area (Å²) in [5, 5.41) is 5.24. The maximum Gasteiger partial charge on any atom is 0.573 e. The number of aromatic nitrogens is 3. The fourth-order valence-electron chi connectivity index (χ4n) is 3.76. The zero-order valence-electron chi connectivity index (χ0n) is 19.8. The lowest BCUT2D eigenvalue weighted by Gasteiger charge is -2.32. The quantitative estimate of drug-likeness (QED) is 0.409. The van der Waals surface area contributed by atoms with Crippen molar-refractivity contribution in [3.05, 3.63) is 60.2 Å². The summed E-state index contributed by atoms with van der Waals surface area (Å²) in [5.41, 5.74) is 0.882. The Hall–Kier alpha value is -4.00. The van der Waals surface area contributed by atoms with Gasteiger partial charge in [-0.25, -0.2) is 14.4 Å². The summed E-state index contributed by atoms with van der Waals surface area (Å²) < 4.78 is 61.3. The van der Waals surface area contributed by atoms with E-state index in [0.29, 0.717) is 31.9 Å². The van der Waals surface area contributed by atoms with Gasteiger partial charge in [0.1, 0.15) is 12.1 Å². The average Bonchev–Trinajstić information content (AvgIpc) is 2.85. The van der Waals surface area contributed by atoms with Gasteiger partial charge in [0.2, 0.25) is 17.8 Å². The Morgan fingerprint density at radius 1 is 1.08 bits per heavy atom. The minimum Gasteiger partial charge on any atom is -0.406 e. The van der Waals surface area contributed by atoms with Crippen LogP contribution in [-0.2, 0) is 16.1 Å². The number of ether oxygens (including phenoxy) is 2. The normalized spacial score (nSPS) is 14.4. The Bertz CT molecular complexity index is 1220. The molecular weight excluding hydrogens is 496 g/mol. The third kappa shape index (κ3) is 7.49. The molecule has 2 aromatic carbocycles. The molecule has 1 amide bonds. The molecule has 2 heterocycles. The second kappa shape index (κ2) is 11.4. The number of nitrogens with zero attached hydrogens (tertiary/aromatic N) is 4. The standard InChI is InChI=1S/C24H24F4N6O3/c1-15(35)31-19-3-2-4-20(21(19)25)32-22-29-14-30-23(33-22)34-11-9-17(10-12-34)36-13-16-5-7-18(8-6-16)37-24(26,27)28/h2-8,14,17H,9-13H2,1H3,(H,31,35)(H,29,30,32,33). The molecule has 3 aromatic rings. The van der Waals surface area contributed by atoms with Gasteiger partial charge in [-0.15, -0.1) is 13.2 Å². The second-order valence-corrected chi connectivity index (χ2v) is 8.27. The Labute approximate surface area is 209 Å². The number of carbonyl (C=O) groups excluding carboxylic acids is 1. The van der Waals surface area contributed by atoms with Crippen LogP contribution < -0.4 is 20.3 Å². The summed E-state index contributed by atoms with van der Waals surface area (Å²) in [4.78, 5) is 25.9. The molecule has 37 heavy (non-hydrogen) atoms. The summed E-state index contributed by atoms with van der Waals surface area (Å²) in [6.45, 7) is 2.78. The van der Waals surface area contributed by atoms with Crippen molar-refractivity contribution < 1.29 is 31.8 Å². The monoisotopic (exact) mass is 520 g/mol. The number of amides is 1. The van der Waals surface area contributed by atoms with E-state index in [9.17, 15) is 22.4 Å². The van der Waals surface area contributed by atoms with E-state index in [1.54, 1.807) is 6.07 Å². The van der Waals surface area contributed by atoms with Gasteiger partial charge in [-0.05, 0) is 42.7 Å². The smallest absolute Gasteiger partial charge is 0.406 e. The third-order valence-electron chi connectivity index (χ3n) is 5.48. The number of halogens is 4. The lowest BCUT2D eigenvalue weighted by molar-refractivity contribution is -0.274. The van der Waals surface area contributed by atoms with Crippen LogP contribution in [0.25, 0.3) is 0 Å². The van der Waals surface area contributed by atoms with Gasteiger partial charge in [0.05, 0.1) is 24.1 Å². The molecule has 0 unspecified atom stereocenters. The van der Waals surface area contributed by atoms with Crippen LogP contribution in [0.1, 0.15) is 25.3 Å². The molecule has 0 atom stereocenters. The van der Waals surface area contributed by atoms with Crippen LogP contribution in [0.15, 0.2) is 48.8 Å². The Morgan fingerprint density at radius 2 is 1.78 bits per heavy atom. The number of alkyl halides is 3. The highest BCUT2D eigenvalue weighted by Gasteiger charge is 2.31. The van der Waals surface area contributed by atoms with Crippen LogP contribution in [0, 0.1) is 5.82 Å². The molecule has 9 nitrogen and oxygen atoms in total. The number of anilines is 4. The second-order valence-electron chi connectivity index (χ2n) is 8.27. The van der Waals surface area contributed by atoms with Crippen molar-refractivity contribution in [1.82, 2.24) is 15.0 Å². The zero-order valence-corrected chi connectivity index (χ0v) is 19.8. The minimum absolute atomic E-state index is 0.0348. The van der Waals surface area contributed by atoms with Gasteiger partial charge in [0.25, 0.3) is 0 Å². The van der Waals surface area contributed by atoms with E-state index in [-0.39, 0.29) is 41.7 Å². The number of carbonyl (C=O) groups is 1. The van der Waals surface area contributed by atoms with Crippen LogP contribution in [0.3, 0.4) is 0 Å². The molecule has 0 bridgehead atoms. The van der Waals surface area contributed by atoms with Crippen molar-refractivity contribution in [1.29, 1.82) is 0 Å². The number of hydrogen-bond donors (Lipinski definition) is 2. The summed E-state index contributed by atoms with van der Waals surface area (Å²) in [5.74, 6) is -0.728. The molecule has 13 heteroatoms. The molecule has 0 radical (unpaired) electrons. The first kappa shape index (κ1) is 26.1. The summed E-state index contributed by atoms with van der Waals surface area (Å²) in [7, 11) is 0. The molecule has 0 spiro atoms. The number of benzene rings is 2. The molecular formula is C24H24F4N6O3. The van der Waals surface area contributed by atoms with E-state index in [2.05, 4.69) is 30.3 Å². The largest absolute Gasteiger partial charge is 0.573 e. The van der Waals surface area contributed by atoms with Crippen molar-refractivity contribution >= 4 is 29.2 Å². The van der Waals surface area contributed by atoms with Crippen molar-refractivity contribution in [2.75, 3.05) is 28.6 Å². The molecule has 1 saturated heterocycles. The van der Waals surface area contributed by atoms with Gasteiger partial charge in [-0.2, -0.15) is 4.98 Å². The molecule has 4 rings (SSSR count). The van der Waals surface area contributed by atoms with Crippen LogP contribution in [0.2, 0.25) is 0 Å². The highest BCUT2D eigenvalue weighted by atomic mass is 19.4. The van der Waals surface area contributed by atoms with E-state index in [4.69, 9.17) is 4.74 Å². The van der Waals surface area contributed by atoms with Crippen molar-refractivity contribution in [3.8, 4) is 5.75 Å². The highest BCUT2D eigenvalue weighted by molar-refractivity contribution is 5.89. The van der Waals surface area contributed by atoms with Gasteiger partial charge < -0.3 is 25.0 Å². The summed E-state index contributed by atoms with van der Waals surface area (Å²) in [6.07, 6.45) is -2.05. The van der Waals surface area contributed by atoms with E-state index in [1.165, 1.54) is 49.6 Å². The minimum atomic E-state index is -4.73. The molecule has 1 aliphatic rings. The predicted molar refractivity (Wildman–Crippen MR) is 127 cm³/mol. The molecule has 196 valence electrons. The molecule has 2 N–H and O–H groups in total. The SMILES string of the molecule is CC(=O)Nc1cccc(Nc2ncnc(N3CCC(OCc4ccc(OC(F)(F)F)cc4)CC3)n2)c1F. The van der Waals surface area contributed by atoms with Crippen LogP contribution >= 0.6 is 0 Å². The first-order valence-electron chi connectivity index (χ1n) is 11.4. The zero-order chi connectivity index (χ0) is 26.4. The lowest BCUT2D eigenvalue weighted by Crippen LogP contribution is -2.38. The molecule has 1 aromatic heterocycles. The molecule has 0 aliphatic carbocycles. The van der Waals surface area contributed by atoms with E-state index in [1.807, 2.05) is 4.90 Å². The first-order chi connectivity index (χ1) is 17.7. The van der Waals surface area contributed by atoms with Crippen LogP contribution in [-0.4, -0.2) is 46.4 Å². The predicted octanol–water partition coefficient (Wildman–Crippen LogP) is 4.80. The average molecular weight is 520 g/mol. The van der Waals surface area contributed by atoms with Crippen molar-refractivity contribution in [3.63, 3.8) is 0 Å². The lowest BCUT2D eigenvalue weighted by atomic mass is 10.1. The van der Waals surface area contributed by atoms with Gasteiger partial charge in [0.15, 0.2) is 5.82 Å². The third-order valence-corrected chi connectivity index (χ3v) is 5.48. The Morgan fingerprint density at radius 3 is 2.46 bits per heavy atom. The number of piperidine rings is 1.